The van der Waals surface area contributed by atoms with Crippen LogP contribution >= 0.6 is 0 Å². The van der Waals surface area contributed by atoms with E-state index in [2.05, 4.69) is 14.9 Å². The lowest BCUT2D eigenvalue weighted by atomic mass is 9.91. The van der Waals surface area contributed by atoms with Crippen molar-refractivity contribution >= 4 is 32.7 Å². The number of carboxylic acid groups (broad SMARTS) is 1. The lowest BCUT2D eigenvalue weighted by Gasteiger charge is -2.35. The Morgan fingerprint density at radius 3 is 2.38 bits per heavy atom. The van der Waals surface area contributed by atoms with Gasteiger partial charge in [0.1, 0.15) is 6.33 Å². The van der Waals surface area contributed by atoms with Crippen LogP contribution < -0.4 is 4.90 Å². The third kappa shape index (κ3) is 4.13. The number of hydrogen-bond donors (Lipinski definition) is 1. The molecule has 0 unspecified atom stereocenters. The molecule has 1 aromatic carbocycles. The molecule has 0 saturated carbocycles. The third-order valence-corrected chi connectivity index (χ3v) is 7.18. The van der Waals surface area contributed by atoms with E-state index < -0.39 is 16.1 Å². The van der Waals surface area contributed by atoms with E-state index in [9.17, 15) is 13.2 Å². The van der Waals surface area contributed by atoms with E-state index in [0.29, 0.717) is 39.3 Å². The van der Waals surface area contributed by atoms with Gasteiger partial charge < -0.3 is 14.9 Å². The molecule has 2 saturated heterocycles. The molecule has 3 heterocycles. The summed E-state index contributed by atoms with van der Waals surface area (Å²) in [6, 6.07) is 6.10. The molecular weight excluding hydrogens is 394 g/mol. The number of piperidine rings is 1. The maximum Gasteiger partial charge on any atom is 0.407 e. The highest BCUT2D eigenvalue weighted by Crippen LogP contribution is 2.32. The first-order chi connectivity index (χ1) is 13.8. The van der Waals surface area contributed by atoms with Crippen molar-refractivity contribution in [1.82, 2.24) is 19.2 Å². The fraction of sp³-hybridized carbons (Fsp3) is 0.526. The van der Waals surface area contributed by atoms with Gasteiger partial charge in [-0.15, -0.1) is 0 Å². The molecule has 0 bridgehead atoms. The molecule has 2 aliphatic heterocycles. The maximum atomic E-state index is 11.7. The number of benzene rings is 1. The molecule has 2 fully saturated rings. The number of likely N-dealkylation sites (tertiary alicyclic amines) is 1. The molecule has 1 amide bonds. The normalized spacial score (nSPS) is 19.6. The van der Waals surface area contributed by atoms with Gasteiger partial charge in [-0.1, -0.05) is 0 Å². The number of amides is 1. The summed E-state index contributed by atoms with van der Waals surface area (Å²) in [5.41, 5.74) is 2.86. The fourth-order valence-corrected chi connectivity index (χ4v) is 5.04. The predicted octanol–water partition coefficient (Wildman–Crippen LogP) is 1.57. The quantitative estimate of drug-likeness (QED) is 0.805. The average Bonchev–Trinajstić information content (AvgIpc) is 2.72. The molecule has 1 N–H and O–H groups in total. The zero-order chi connectivity index (χ0) is 20.6. The molecule has 0 spiro atoms. The minimum atomic E-state index is -3.15. The van der Waals surface area contributed by atoms with Gasteiger partial charge in [-0.2, -0.15) is 4.31 Å². The molecule has 4 rings (SSSR count). The zero-order valence-corrected chi connectivity index (χ0v) is 17.2. The Kier molecular flexibility index (Phi) is 5.30. The Morgan fingerprint density at radius 2 is 1.76 bits per heavy atom. The summed E-state index contributed by atoms with van der Waals surface area (Å²) in [6.45, 7) is 3.29. The monoisotopic (exact) mass is 419 g/mol. The van der Waals surface area contributed by atoms with Gasteiger partial charge in [0, 0.05) is 56.3 Å². The van der Waals surface area contributed by atoms with Crippen LogP contribution in [0.15, 0.2) is 24.5 Å². The van der Waals surface area contributed by atoms with Crippen molar-refractivity contribution in [2.75, 3.05) is 50.4 Å². The Bertz CT molecular complexity index is 1010. The van der Waals surface area contributed by atoms with E-state index in [4.69, 9.17) is 5.11 Å². The van der Waals surface area contributed by atoms with Gasteiger partial charge in [0.25, 0.3) is 0 Å². The number of rotatable bonds is 3. The first-order valence-corrected chi connectivity index (χ1v) is 11.6. The molecule has 10 heteroatoms. The van der Waals surface area contributed by atoms with Crippen molar-refractivity contribution in [2.24, 2.45) is 0 Å². The number of anilines is 1. The summed E-state index contributed by atoms with van der Waals surface area (Å²) in [5, 5.41) is 10.1. The fourth-order valence-electron chi connectivity index (χ4n) is 4.21. The lowest BCUT2D eigenvalue weighted by Crippen LogP contribution is -2.48. The van der Waals surface area contributed by atoms with E-state index in [0.717, 1.165) is 35.1 Å². The molecule has 29 heavy (non-hydrogen) atoms. The summed E-state index contributed by atoms with van der Waals surface area (Å²) in [5.74, 6) is 0.222. The standard InChI is InChI=1S/C19H25N5O4S/c1-29(27,28)24-10-8-22(9-11-24)15-2-3-16-17(12-15)20-13-21-18(16)14-4-6-23(7-5-14)19(25)26/h2-3,12-14H,4-11H2,1H3,(H,25,26). The molecular formula is C19H25N5O4S. The Labute approximate surface area is 170 Å². The summed E-state index contributed by atoms with van der Waals surface area (Å²) in [6.07, 6.45) is 3.47. The SMILES string of the molecule is CS(=O)(=O)N1CCN(c2ccc3c(C4CCN(C(=O)O)CC4)ncnc3c2)CC1. The number of piperazine rings is 1. The van der Waals surface area contributed by atoms with Gasteiger partial charge in [-0.05, 0) is 31.0 Å². The van der Waals surface area contributed by atoms with Crippen LogP contribution in [0.25, 0.3) is 10.9 Å². The lowest BCUT2D eigenvalue weighted by molar-refractivity contribution is 0.132. The topological polar surface area (TPSA) is 107 Å². The largest absolute Gasteiger partial charge is 0.465 e. The highest BCUT2D eigenvalue weighted by atomic mass is 32.2. The molecule has 2 aliphatic rings. The smallest absolute Gasteiger partial charge is 0.407 e. The second-order valence-corrected chi connectivity index (χ2v) is 9.64. The Morgan fingerprint density at radius 1 is 1.07 bits per heavy atom. The summed E-state index contributed by atoms with van der Waals surface area (Å²) in [4.78, 5) is 23.7. The summed E-state index contributed by atoms with van der Waals surface area (Å²) >= 11 is 0. The van der Waals surface area contributed by atoms with Gasteiger partial charge >= 0.3 is 6.09 Å². The van der Waals surface area contributed by atoms with Crippen LogP contribution in [0.5, 0.6) is 0 Å². The number of hydrogen-bond acceptors (Lipinski definition) is 6. The highest BCUT2D eigenvalue weighted by molar-refractivity contribution is 7.88. The second kappa shape index (κ2) is 7.75. The van der Waals surface area contributed by atoms with Crippen LogP contribution in [0, 0.1) is 0 Å². The van der Waals surface area contributed by atoms with Crippen LogP contribution in [-0.2, 0) is 10.0 Å². The van der Waals surface area contributed by atoms with Crippen LogP contribution in [0.1, 0.15) is 24.5 Å². The van der Waals surface area contributed by atoms with Crippen LogP contribution in [0.4, 0.5) is 10.5 Å². The van der Waals surface area contributed by atoms with Crippen molar-refractivity contribution < 1.29 is 18.3 Å². The number of fused-ring (bicyclic) bond motifs is 1. The molecule has 0 radical (unpaired) electrons. The van der Waals surface area contributed by atoms with E-state index in [1.165, 1.54) is 15.5 Å². The van der Waals surface area contributed by atoms with E-state index >= 15 is 0 Å². The van der Waals surface area contributed by atoms with Gasteiger partial charge in [-0.3, -0.25) is 0 Å². The molecule has 1 aromatic heterocycles. The molecule has 9 nitrogen and oxygen atoms in total. The van der Waals surface area contributed by atoms with Crippen molar-refractivity contribution in [3.8, 4) is 0 Å². The third-order valence-electron chi connectivity index (χ3n) is 5.88. The van der Waals surface area contributed by atoms with Gasteiger partial charge in [0.15, 0.2) is 0 Å². The summed E-state index contributed by atoms with van der Waals surface area (Å²) < 4.78 is 24.9. The van der Waals surface area contributed by atoms with Crippen molar-refractivity contribution in [3.05, 3.63) is 30.2 Å². The van der Waals surface area contributed by atoms with Crippen molar-refractivity contribution in [2.45, 2.75) is 18.8 Å². The maximum absolute atomic E-state index is 11.7. The number of carbonyl (C=O) groups is 1. The molecule has 0 aliphatic carbocycles. The number of sulfonamides is 1. The summed E-state index contributed by atoms with van der Waals surface area (Å²) in [7, 11) is -3.15. The molecule has 156 valence electrons. The minimum Gasteiger partial charge on any atom is -0.465 e. The van der Waals surface area contributed by atoms with Gasteiger partial charge in [0.05, 0.1) is 17.5 Å². The number of aromatic nitrogens is 2. The highest BCUT2D eigenvalue weighted by Gasteiger charge is 2.26. The minimum absolute atomic E-state index is 0.222. The van der Waals surface area contributed by atoms with E-state index in [-0.39, 0.29) is 5.92 Å². The second-order valence-electron chi connectivity index (χ2n) is 7.65. The van der Waals surface area contributed by atoms with Crippen LogP contribution in [0.2, 0.25) is 0 Å². The Balaban J connectivity index is 1.52. The van der Waals surface area contributed by atoms with Gasteiger partial charge in [-0.25, -0.2) is 23.2 Å². The predicted molar refractivity (Wildman–Crippen MR) is 110 cm³/mol. The molecule has 0 atom stereocenters. The number of nitrogens with zero attached hydrogens (tertiary/aromatic N) is 5. The van der Waals surface area contributed by atoms with Crippen molar-refractivity contribution in [3.63, 3.8) is 0 Å². The molecule has 2 aromatic rings. The first-order valence-electron chi connectivity index (χ1n) is 9.75. The average molecular weight is 420 g/mol. The Hall–Kier alpha value is -2.46. The first kappa shape index (κ1) is 19.8. The van der Waals surface area contributed by atoms with Gasteiger partial charge in [0.2, 0.25) is 10.0 Å². The zero-order valence-electron chi connectivity index (χ0n) is 16.4. The van der Waals surface area contributed by atoms with Crippen LogP contribution in [-0.4, -0.2) is 84.3 Å². The van der Waals surface area contributed by atoms with E-state index in [1.807, 2.05) is 18.2 Å². The van der Waals surface area contributed by atoms with Crippen molar-refractivity contribution in [1.29, 1.82) is 0 Å². The van der Waals surface area contributed by atoms with Crippen LogP contribution in [0.3, 0.4) is 0 Å². The van der Waals surface area contributed by atoms with E-state index in [1.54, 1.807) is 6.33 Å².